The van der Waals surface area contributed by atoms with E-state index in [1.54, 1.807) is 0 Å². The van der Waals surface area contributed by atoms with Crippen LogP contribution in [0.3, 0.4) is 0 Å². The van der Waals surface area contributed by atoms with Crippen LogP contribution in [0, 0.1) is 0 Å². The summed E-state index contributed by atoms with van der Waals surface area (Å²) in [5.41, 5.74) is 6.74. The number of nitrogen functional groups attached to an aromatic ring is 1. The van der Waals surface area contributed by atoms with Crippen LogP contribution in [0.5, 0.6) is 0 Å². The van der Waals surface area contributed by atoms with Gasteiger partial charge in [-0.15, -0.1) is 0 Å². The molecule has 0 atom stereocenters. The van der Waals surface area contributed by atoms with Crippen LogP contribution in [-0.4, -0.2) is 38.4 Å². The second-order valence-electron chi connectivity index (χ2n) is 6.86. The number of hydrogen-bond acceptors (Lipinski definition) is 8. The average molecular weight is 330 g/mol. The topological polar surface area (TPSA) is 114 Å². The van der Waals surface area contributed by atoms with Gasteiger partial charge in [0.2, 0.25) is 11.8 Å². The maximum absolute atomic E-state index is 9.48. The molecule has 0 aliphatic heterocycles. The summed E-state index contributed by atoms with van der Waals surface area (Å²) in [7, 11) is 1.92. The molecule has 128 valence electrons. The highest BCUT2D eigenvalue weighted by molar-refractivity contribution is 5.44. The van der Waals surface area contributed by atoms with E-state index in [2.05, 4.69) is 20.1 Å². The van der Waals surface area contributed by atoms with Crippen molar-refractivity contribution in [2.24, 2.45) is 0 Å². The first kappa shape index (κ1) is 15.3. The number of aliphatic hydroxyl groups is 1. The number of nitrogens with two attached hydrogens (primary N) is 1. The molecule has 2 saturated carbocycles. The summed E-state index contributed by atoms with van der Waals surface area (Å²) < 4.78 is 5.36. The Kier molecular flexibility index (Phi) is 3.84. The lowest BCUT2D eigenvalue weighted by Crippen LogP contribution is -2.28. The van der Waals surface area contributed by atoms with Crippen LogP contribution in [0.15, 0.2) is 10.6 Å². The lowest BCUT2D eigenvalue weighted by atomic mass is 9.80. The fourth-order valence-corrected chi connectivity index (χ4v) is 3.15. The lowest BCUT2D eigenvalue weighted by molar-refractivity contribution is 0.0732. The molecule has 3 N–H and O–H groups in total. The van der Waals surface area contributed by atoms with E-state index >= 15 is 0 Å². The summed E-state index contributed by atoms with van der Waals surface area (Å²) in [5.74, 6) is 3.07. The van der Waals surface area contributed by atoms with E-state index < -0.39 is 0 Å². The van der Waals surface area contributed by atoms with Gasteiger partial charge in [0.15, 0.2) is 5.82 Å². The highest BCUT2D eigenvalue weighted by atomic mass is 16.5. The molecule has 0 spiro atoms. The van der Waals surface area contributed by atoms with E-state index in [4.69, 9.17) is 10.3 Å². The molecule has 0 radical (unpaired) electrons. The van der Waals surface area contributed by atoms with Crippen molar-refractivity contribution in [3.63, 3.8) is 0 Å². The van der Waals surface area contributed by atoms with Gasteiger partial charge in [-0.3, -0.25) is 0 Å². The largest absolute Gasteiger partial charge is 0.393 e. The molecular formula is C16H22N6O2. The first-order valence-electron chi connectivity index (χ1n) is 8.44. The van der Waals surface area contributed by atoms with E-state index in [-0.39, 0.29) is 18.0 Å². The van der Waals surface area contributed by atoms with Crippen LogP contribution in [0.2, 0.25) is 0 Å². The van der Waals surface area contributed by atoms with E-state index in [9.17, 15) is 5.11 Å². The van der Waals surface area contributed by atoms with E-state index in [0.717, 1.165) is 43.1 Å². The van der Waals surface area contributed by atoms with Gasteiger partial charge >= 0.3 is 0 Å². The number of anilines is 2. The van der Waals surface area contributed by atoms with Crippen molar-refractivity contribution in [2.45, 2.75) is 56.6 Å². The Balaban J connectivity index is 1.47. The van der Waals surface area contributed by atoms with Crippen LogP contribution in [0.25, 0.3) is 0 Å². The molecular weight excluding hydrogens is 308 g/mol. The Morgan fingerprint density at radius 2 is 2.04 bits per heavy atom. The van der Waals surface area contributed by atoms with Crippen LogP contribution in [0.4, 0.5) is 11.8 Å². The van der Waals surface area contributed by atoms with Crippen molar-refractivity contribution >= 4 is 11.8 Å². The molecule has 2 fully saturated rings. The highest BCUT2D eigenvalue weighted by Crippen LogP contribution is 2.37. The summed E-state index contributed by atoms with van der Waals surface area (Å²) in [6.07, 6.45) is 4.75. The number of aromatic nitrogens is 4. The van der Waals surface area contributed by atoms with Gasteiger partial charge < -0.3 is 20.3 Å². The lowest BCUT2D eigenvalue weighted by Gasteiger charge is -2.31. The van der Waals surface area contributed by atoms with Crippen molar-refractivity contribution in [1.82, 2.24) is 20.1 Å². The molecule has 0 unspecified atom stereocenters. The van der Waals surface area contributed by atoms with Crippen LogP contribution >= 0.6 is 0 Å². The molecule has 2 aliphatic rings. The number of rotatable bonds is 5. The van der Waals surface area contributed by atoms with E-state index in [1.165, 1.54) is 6.42 Å². The van der Waals surface area contributed by atoms with Crippen LogP contribution in [-0.2, 0) is 6.54 Å². The Hall–Kier alpha value is -2.22. The molecule has 0 aromatic carbocycles. The summed E-state index contributed by atoms with van der Waals surface area (Å²) in [6.45, 7) is 0.499. The molecule has 4 rings (SSSR count). The maximum atomic E-state index is 9.48. The Labute approximate surface area is 140 Å². The van der Waals surface area contributed by atoms with Crippen molar-refractivity contribution in [3.8, 4) is 0 Å². The minimum absolute atomic E-state index is 0.225. The predicted molar refractivity (Wildman–Crippen MR) is 87.4 cm³/mol. The first-order chi connectivity index (χ1) is 11.6. The standard InChI is InChI=1S/C16H22N6O2/c1-22(8-13-19-15(24-21-13)9-3-2-4-9)14-7-12(18-16(17)20-14)10-5-11(23)6-10/h7,9-11,23H,2-6,8H2,1H3,(H2,17,18,20). The number of nitrogens with zero attached hydrogens (tertiary/aromatic N) is 5. The zero-order valence-electron chi connectivity index (χ0n) is 13.7. The molecule has 2 aromatic rings. The summed E-state index contributed by atoms with van der Waals surface area (Å²) >= 11 is 0. The molecule has 0 amide bonds. The summed E-state index contributed by atoms with van der Waals surface area (Å²) in [6, 6.07) is 1.93. The van der Waals surface area contributed by atoms with Gasteiger partial charge in [-0.1, -0.05) is 11.6 Å². The molecule has 2 heterocycles. The second-order valence-corrected chi connectivity index (χ2v) is 6.86. The summed E-state index contributed by atoms with van der Waals surface area (Å²) in [4.78, 5) is 15.0. The monoisotopic (exact) mass is 330 g/mol. The molecule has 8 nitrogen and oxygen atoms in total. The minimum atomic E-state index is -0.225. The predicted octanol–water partition coefficient (Wildman–Crippen LogP) is 1.58. The normalized spacial score (nSPS) is 23.6. The fourth-order valence-electron chi connectivity index (χ4n) is 3.15. The Morgan fingerprint density at radius 3 is 2.71 bits per heavy atom. The third kappa shape index (κ3) is 2.93. The molecule has 0 bridgehead atoms. The third-order valence-corrected chi connectivity index (χ3v) is 4.99. The Morgan fingerprint density at radius 1 is 1.25 bits per heavy atom. The number of aliphatic hydroxyl groups excluding tert-OH is 1. The summed E-state index contributed by atoms with van der Waals surface area (Å²) in [5, 5.41) is 13.5. The van der Waals surface area contributed by atoms with Gasteiger partial charge in [0.1, 0.15) is 5.82 Å². The van der Waals surface area contributed by atoms with Crippen molar-refractivity contribution < 1.29 is 9.63 Å². The van der Waals surface area contributed by atoms with E-state index in [0.29, 0.717) is 18.3 Å². The SMILES string of the molecule is CN(Cc1noc(C2CCC2)n1)c1cc(C2CC(O)C2)nc(N)n1. The van der Waals surface area contributed by atoms with E-state index in [1.807, 2.05) is 18.0 Å². The maximum Gasteiger partial charge on any atom is 0.229 e. The minimum Gasteiger partial charge on any atom is -0.393 e. The van der Waals surface area contributed by atoms with Crippen LogP contribution < -0.4 is 10.6 Å². The molecule has 2 aliphatic carbocycles. The van der Waals surface area contributed by atoms with Gasteiger partial charge in [-0.05, 0) is 25.7 Å². The first-order valence-corrected chi connectivity index (χ1v) is 8.44. The molecule has 2 aromatic heterocycles. The molecule has 0 saturated heterocycles. The molecule has 8 heteroatoms. The average Bonchev–Trinajstić information content (AvgIpc) is 2.89. The Bertz CT molecular complexity index is 723. The smallest absolute Gasteiger partial charge is 0.229 e. The number of hydrogen-bond donors (Lipinski definition) is 2. The van der Waals surface area contributed by atoms with Gasteiger partial charge in [0.05, 0.1) is 18.3 Å². The fraction of sp³-hybridized carbons (Fsp3) is 0.625. The zero-order valence-corrected chi connectivity index (χ0v) is 13.7. The van der Waals surface area contributed by atoms with Gasteiger partial charge in [-0.25, -0.2) is 4.98 Å². The van der Waals surface area contributed by atoms with Gasteiger partial charge in [0.25, 0.3) is 0 Å². The molecule has 24 heavy (non-hydrogen) atoms. The highest BCUT2D eigenvalue weighted by Gasteiger charge is 2.30. The van der Waals surface area contributed by atoms with Crippen molar-refractivity contribution in [3.05, 3.63) is 23.5 Å². The van der Waals surface area contributed by atoms with Crippen molar-refractivity contribution in [2.75, 3.05) is 17.7 Å². The zero-order chi connectivity index (χ0) is 16.7. The second kappa shape index (κ2) is 6.01. The third-order valence-electron chi connectivity index (χ3n) is 4.99. The van der Waals surface area contributed by atoms with Gasteiger partial charge in [-0.2, -0.15) is 9.97 Å². The quantitative estimate of drug-likeness (QED) is 0.849. The van der Waals surface area contributed by atoms with Gasteiger partial charge in [0, 0.05) is 24.9 Å². The van der Waals surface area contributed by atoms with Crippen LogP contribution in [0.1, 0.15) is 61.3 Å². The van der Waals surface area contributed by atoms with Crippen molar-refractivity contribution in [1.29, 1.82) is 0 Å².